The Morgan fingerprint density at radius 3 is 2.88 bits per heavy atom. The van der Waals surface area contributed by atoms with Crippen molar-refractivity contribution in [1.29, 1.82) is 0 Å². The maximum absolute atomic E-state index is 5.93. The van der Waals surface area contributed by atoms with E-state index in [0.29, 0.717) is 17.0 Å². The van der Waals surface area contributed by atoms with Crippen molar-refractivity contribution in [2.75, 3.05) is 0 Å². The lowest BCUT2D eigenvalue weighted by molar-refractivity contribution is 0.742. The van der Waals surface area contributed by atoms with Gasteiger partial charge in [0, 0.05) is 11.7 Å². The summed E-state index contributed by atoms with van der Waals surface area (Å²) in [5.74, 6) is 0.661. The zero-order chi connectivity index (χ0) is 11.1. The van der Waals surface area contributed by atoms with Gasteiger partial charge >= 0.3 is 0 Å². The van der Waals surface area contributed by atoms with Gasteiger partial charge in [-0.05, 0) is 25.8 Å². The van der Waals surface area contributed by atoms with E-state index in [4.69, 9.17) is 11.6 Å². The minimum atomic E-state index is 0.478. The number of rotatable bonds is 2. The van der Waals surface area contributed by atoms with Gasteiger partial charge in [-0.1, -0.05) is 11.6 Å². The van der Waals surface area contributed by atoms with Crippen molar-refractivity contribution in [2.24, 2.45) is 0 Å². The number of halogens is 1. The standard InChI is InChI=1S/C11H11ClN4/c1-7-4-10(12)15-11(14-7)9-5-13-6-16(9)8-2-3-8/h4-6,8H,2-3H2,1H3. The summed E-state index contributed by atoms with van der Waals surface area (Å²) < 4.78 is 2.13. The summed E-state index contributed by atoms with van der Waals surface area (Å²) in [5, 5.41) is 0.478. The van der Waals surface area contributed by atoms with Crippen LogP contribution in [0.4, 0.5) is 0 Å². The number of hydrogen-bond donors (Lipinski definition) is 0. The molecule has 2 aromatic heterocycles. The monoisotopic (exact) mass is 234 g/mol. The summed E-state index contributed by atoms with van der Waals surface area (Å²) in [5.41, 5.74) is 1.83. The molecule has 2 heterocycles. The van der Waals surface area contributed by atoms with Crippen molar-refractivity contribution >= 4 is 11.6 Å². The highest BCUT2D eigenvalue weighted by Gasteiger charge is 2.26. The molecule has 0 bridgehead atoms. The Morgan fingerprint density at radius 1 is 1.38 bits per heavy atom. The maximum atomic E-state index is 5.93. The van der Waals surface area contributed by atoms with Gasteiger partial charge in [-0.3, -0.25) is 0 Å². The van der Waals surface area contributed by atoms with Gasteiger partial charge in [-0.25, -0.2) is 15.0 Å². The highest BCUT2D eigenvalue weighted by molar-refractivity contribution is 6.29. The lowest BCUT2D eigenvalue weighted by Crippen LogP contribution is -1.99. The molecule has 1 fully saturated rings. The van der Waals surface area contributed by atoms with Crippen molar-refractivity contribution in [2.45, 2.75) is 25.8 Å². The molecule has 0 aromatic carbocycles. The third-order valence-electron chi connectivity index (χ3n) is 2.66. The average Bonchev–Trinajstić information content (AvgIpc) is 2.94. The number of aryl methyl sites for hydroxylation is 1. The second-order valence-corrected chi connectivity index (χ2v) is 4.46. The van der Waals surface area contributed by atoms with Crippen molar-refractivity contribution in [1.82, 2.24) is 19.5 Å². The van der Waals surface area contributed by atoms with Crippen LogP contribution in [0.1, 0.15) is 24.6 Å². The highest BCUT2D eigenvalue weighted by atomic mass is 35.5. The Hall–Kier alpha value is -1.42. The van der Waals surface area contributed by atoms with E-state index in [2.05, 4.69) is 19.5 Å². The fraction of sp³-hybridized carbons (Fsp3) is 0.364. The largest absolute Gasteiger partial charge is 0.325 e. The van der Waals surface area contributed by atoms with Crippen LogP contribution in [0.3, 0.4) is 0 Å². The maximum Gasteiger partial charge on any atom is 0.179 e. The van der Waals surface area contributed by atoms with Crippen LogP contribution in [-0.4, -0.2) is 19.5 Å². The molecule has 0 atom stereocenters. The minimum Gasteiger partial charge on any atom is -0.325 e. The van der Waals surface area contributed by atoms with E-state index in [0.717, 1.165) is 11.4 Å². The molecule has 5 heteroatoms. The number of nitrogens with zero attached hydrogens (tertiary/aromatic N) is 4. The van der Waals surface area contributed by atoms with Crippen LogP contribution in [0.5, 0.6) is 0 Å². The van der Waals surface area contributed by atoms with Crippen LogP contribution >= 0.6 is 11.6 Å². The van der Waals surface area contributed by atoms with E-state index < -0.39 is 0 Å². The predicted octanol–water partition coefficient (Wildman–Crippen LogP) is 2.64. The SMILES string of the molecule is Cc1cc(Cl)nc(-c2cncn2C2CC2)n1. The van der Waals surface area contributed by atoms with E-state index in [-0.39, 0.29) is 0 Å². The lowest BCUT2D eigenvalue weighted by atomic mass is 10.3. The molecule has 3 rings (SSSR count). The van der Waals surface area contributed by atoms with Gasteiger partial charge in [0.15, 0.2) is 5.82 Å². The zero-order valence-corrected chi connectivity index (χ0v) is 9.65. The summed E-state index contributed by atoms with van der Waals surface area (Å²) in [6.07, 6.45) is 6.06. The normalized spacial score (nSPS) is 15.4. The Kier molecular flexibility index (Phi) is 2.17. The van der Waals surface area contributed by atoms with Gasteiger partial charge < -0.3 is 4.57 Å². The smallest absolute Gasteiger partial charge is 0.179 e. The van der Waals surface area contributed by atoms with E-state index in [1.54, 1.807) is 12.3 Å². The molecule has 0 spiro atoms. The molecule has 0 N–H and O–H groups in total. The predicted molar refractivity (Wildman–Crippen MR) is 61.3 cm³/mol. The van der Waals surface area contributed by atoms with Crippen molar-refractivity contribution in [3.63, 3.8) is 0 Å². The summed E-state index contributed by atoms with van der Waals surface area (Å²) in [6.45, 7) is 1.91. The van der Waals surface area contributed by atoms with Gasteiger partial charge in [-0.15, -0.1) is 0 Å². The minimum absolute atomic E-state index is 0.478. The van der Waals surface area contributed by atoms with Crippen molar-refractivity contribution < 1.29 is 0 Å². The van der Waals surface area contributed by atoms with Crippen LogP contribution < -0.4 is 0 Å². The van der Waals surface area contributed by atoms with E-state index in [9.17, 15) is 0 Å². The molecule has 16 heavy (non-hydrogen) atoms. The van der Waals surface area contributed by atoms with Crippen molar-refractivity contribution in [3.8, 4) is 11.5 Å². The molecule has 0 aliphatic heterocycles. The van der Waals surface area contributed by atoms with Crippen LogP contribution in [0.25, 0.3) is 11.5 Å². The van der Waals surface area contributed by atoms with Gasteiger partial charge in [0.25, 0.3) is 0 Å². The molecule has 0 amide bonds. The second kappa shape index (κ2) is 3.56. The average molecular weight is 235 g/mol. The molecule has 82 valence electrons. The van der Waals surface area contributed by atoms with Gasteiger partial charge in [-0.2, -0.15) is 0 Å². The molecule has 1 aliphatic carbocycles. The Bertz CT molecular complexity index is 510. The lowest BCUT2D eigenvalue weighted by Gasteiger charge is -2.05. The molecule has 2 aromatic rings. The van der Waals surface area contributed by atoms with Gasteiger partial charge in [0.2, 0.25) is 0 Å². The number of imidazole rings is 1. The van der Waals surface area contributed by atoms with E-state index in [1.165, 1.54) is 12.8 Å². The van der Waals surface area contributed by atoms with Crippen LogP contribution in [-0.2, 0) is 0 Å². The fourth-order valence-electron chi connectivity index (χ4n) is 1.77. The van der Waals surface area contributed by atoms with Gasteiger partial charge in [0.05, 0.1) is 12.5 Å². The van der Waals surface area contributed by atoms with Crippen molar-refractivity contribution in [3.05, 3.63) is 29.4 Å². The molecule has 0 radical (unpaired) electrons. The molecule has 1 aliphatic rings. The van der Waals surface area contributed by atoms with E-state index in [1.807, 2.05) is 13.3 Å². The van der Waals surface area contributed by atoms with Crippen LogP contribution in [0.15, 0.2) is 18.6 Å². The molecular formula is C11H11ClN4. The summed E-state index contributed by atoms with van der Waals surface area (Å²) in [7, 11) is 0. The van der Waals surface area contributed by atoms with Crippen LogP contribution in [0.2, 0.25) is 5.15 Å². The summed E-state index contributed by atoms with van der Waals surface area (Å²) in [4.78, 5) is 12.8. The first-order valence-electron chi connectivity index (χ1n) is 5.27. The Balaban J connectivity index is 2.10. The third kappa shape index (κ3) is 1.69. The third-order valence-corrected chi connectivity index (χ3v) is 2.85. The fourth-order valence-corrected chi connectivity index (χ4v) is 2.00. The first-order valence-corrected chi connectivity index (χ1v) is 5.65. The molecule has 1 saturated carbocycles. The first-order chi connectivity index (χ1) is 7.74. The molecule has 0 saturated heterocycles. The van der Waals surface area contributed by atoms with Crippen LogP contribution in [0, 0.1) is 6.92 Å². The first kappa shape index (κ1) is 9.78. The van der Waals surface area contributed by atoms with Gasteiger partial charge in [0.1, 0.15) is 10.8 Å². The number of hydrogen-bond acceptors (Lipinski definition) is 3. The van der Waals surface area contributed by atoms with E-state index >= 15 is 0 Å². The molecular weight excluding hydrogens is 224 g/mol. The summed E-state index contributed by atoms with van der Waals surface area (Å²) >= 11 is 5.93. The zero-order valence-electron chi connectivity index (χ0n) is 8.89. The Morgan fingerprint density at radius 2 is 2.19 bits per heavy atom. The second-order valence-electron chi connectivity index (χ2n) is 4.07. The number of aromatic nitrogens is 4. The topological polar surface area (TPSA) is 43.6 Å². The Labute approximate surface area is 98.3 Å². The molecule has 4 nitrogen and oxygen atoms in total. The highest BCUT2D eigenvalue weighted by Crippen LogP contribution is 2.37. The quantitative estimate of drug-likeness (QED) is 0.751. The molecule has 0 unspecified atom stereocenters. The summed E-state index contributed by atoms with van der Waals surface area (Å²) in [6, 6.07) is 2.32.